The zero-order valence-electron chi connectivity index (χ0n) is 22.5. The summed E-state index contributed by atoms with van der Waals surface area (Å²) in [6.45, 7) is 1.95. The lowest BCUT2D eigenvalue weighted by Crippen LogP contribution is -2.10. The summed E-state index contributed by atoms with van der Waals surface area (Å²) in [7, 11) is 1.50. The Morgan fingerprint density at radius 1 is 0.929 bits per heavy atom. The van der Waals surface area contributed by atoms with E-state index in [0.717, 1.165) is 18.3 Å². The molecule has 0 aliphatic heterocycles. The molecule has 2 aromatic heterocycles. The number of carboxylic acid groups (broad SMARTS) is 1. The molecule has 12 heteroatoms. The van der Waals surface area contributed by atoms with Crippen molar-refractivity contribution in [1.82, 2.24) is 19.5 Å². The number of aromatic nitrogens is 4. The number of benzene rings is 3. The molecule has 216 valence electrons. The number of nitrogens with zero attached hydrogens (tertiary/aromatic N) is 4. The number of aryl methyl sites for hydroxylation is 1. The molecule has 5 rings (SSSR count). The number of imidazole rings is 1. The topological polar surface area (TPSA) is 99.4 Å². The van der Waals surface area contributed by atoms with Gasteiger partial charge in [-0.2, -0.15) is 9.37 Å². The van der Waals surface area contributed by atoms with Crippen LogP contribution in [-0.4, -0.2) is 44.3 Å². The summed E-state index contributed by atoms with van der Waals surface area (Å²) in [4.78, 5) is 23.7. The molecule has 8 nitrogen and oxygen atoms in total. The Labute approximate surface area is 237 Å². The van der Waals surface area contributed by atoms with Crippen LogP contribution in [0.25, 0.3) is 22.4 Å². The van der Waals surface area contributed by atoms with Crippen LogP contribution in [0.5, 0.6) is 5.88 Å². The summed E-state index contributed by atoms with van der Waals surface area (Å²) in [6, 6.07) is 10.8. The number of hydrogen-bond acceptors (Lipinski definition) is 6. The minimum atomic E-state index is -1.11. The summed E-state index contributed by atoms with van der Waals surface area (Å²) in [5, 5.41) is 9.38. The van der Waals surface area contributed by atoms with E-state index in [9.17, 15) is 18.7 Å². The molecule has 0 bridgehead atoms. The molecule has 0 saturated heterocycles. The first-order valence-corrected chi connectivity index (χ1v) is 12.7. The second kappa shape index (κ2) is 12.0. The Kier molecular flexibility index (Phi) is 8.16. The highest BCUT2D eigenvalue weighted by atomic mass is 19.1. The maximum atomic E-state index is 15.3. The van der Waals surface area contributed by atoms with E-state index in [1.807, 2.05) is 0 Å². The van der Waals surface area contributed by atoms with Gasteiger partial charge >= 0.3 is 5.97 Å². The molecule has 0 unspecified atom stereocenters. The van der Waals surface area contributed by atoms with Gasteiger partial charge < -0.3 is 19.1 Å². The van der Waals surface area contributed by atoms with Gasteiger partial charge in [-0.15, -0.1) is 0 Å². The Hall–Kier alpha value is -4.84. The summed E-state index contributed by atoms with van der Waals surface area (Å²) < 4.78 is 71.3. The number of carboxylic acids is 1. The molecule has 0 fully saturated rings. The van der Waals surface area contributed by atoms with E-state index in [1.165, 1.54) is 31.4 Å². The number of halogens is 4. The number of carbonyl (C=O) groups is 1. The third-order valence-electron chi connectivity index (χ3n) is 6.60. The number of ether oxygens (including phenoxy) is 2. The lowest BCUT2D eigenvalue weighted by molar-refractivity contribution is 0.0697. The van der Waals surface area contributed by atoms with Gasteiger partial charge in [0.1, 0.15) is 29.9 Å². The lowest BCUT2D eigenvalue weighted by Gasteiger charge is -2.12. The lowest BCUT2D eigenvalue weighted by atomic mass is 10.1. The predicted octanol–water partition coefficient (Wildman–Crippen LogP) is 5.87. The number of rotatable bonds is 10. The molecule has 5 aromatic rings. The van der Waals surface area contributed by atoms with Crippen molar-refractivity contribution in [3.63, 3.8) is 0 Å². The summed E-state index contributed by atoms with van der Waals surface area (Å²) in [6.07, 6.45) is 0.641. The molecule has 0 atom stereocenters. The zero-order chi connectivity index (χ0) is 30.0. The molecule has 3 aromatic carbocycles. The van der Waals surface area contributed by atoms with Crippen molar-refractivity contribution >= 4 is 17.0 Å². The van der Waals surface area contributed by atoms with Gasteiger partial charge in [0.25, 0.3) is 5.88 Å². The molecular weight excluding hydrogens is 556 g/mol. The number of fused-ring (bicyclic) bond motifs is 1. The number of hydrogen-bond donors (Lipinski definition) is 1. The largest absolute Gasteiger partial charge is 0.478 e. The van der Waals surface area contributed by atoms with Crippen LogP contribution in [0.15, 0.2) is 54.7 Å². The van der Waals surface area contributed by atoms with Gasteiger partial charge in [0.05, 0.1) is 35.0 Å². The van der Waals surface area contributed by atoms with E-state index in [1.54, 1.807) is 23.6 Å². The standard InChI is InChI=1S/C30H24F4N4O4/c1-16-3-4-18(21(31)9-16)15-42-29-24(34)14-35-28(37-29)20-13-22(32)19(10-23(20)33)12-27-36-25-6-5-17(30(39)40)11-26(25)38(27)7-8-41-2/h3-6,9-11,13-14H,7-8,12,15H2,1-2H3,(H,39,40). The van der Waals surface area contributed by atoms with Crippen molar-refractivity contribution in [1.29, 1.82) is 0 Å². The normalized spacial score (nSPS) is 11.3. The van der Waals surface area contributed by atoms with Crippen LogP contribution in [0, 0.1) is 30.2 Å². The zero-order valence-corrected chi connectivity index (χ0v) is 22.5. The minimum absolute atomic E-state index is 0.0305. The molecular formula is C30H24F4N4O4. The van der Waals surface area contributed by atoms with Gasteiger partial charge in [0, 0.05) is 25.6 Å². The Morgan fingerprint density at radius 2 is 1.71 bits per heavy atom. The van der Waals surface area contributed by atoms with Crippen LogP contribution >= 0.6 is 0 Å². The maximum absolute atomic E-state index is 15.3. The fourth-order valence-electron chi connectivity index (χ4n) is 4.44. The third kappa shape index (κ3) is 5.93. The quantitative estimate of drug-likeness (QED) is 0.206. The Balaban J connectivity index is 1.44. The van der Waals surface area contributed by atoms with Crippen LogP contribution in [0.4, 0.5) is 17.6 Å². The van der Waals surface area contributed by atoms with Gasteiger partial charge in [-0.3, -0.25) is 0 Å². The first-order chi connectivity index (χ1) is 20.1. The molecule has 2 heterocycles. The molecule has 42 heavy (non-hydrogen) atoms. The van der Waals surface area contributed by atoms with Crippen molar-refractivity contribution in [3.8, 4) is 17.3 Å². The van der Waals surface area contributed by atoms with Crippen molar-refractivity contribution in [2.75, 3.05) is 13.7 Å². The monoisotopic (exact) mass is 580 g/mol. The van der Waals surface area contributed by atoms with E-state index in [2.05, 4.69) is 15.0 Å². The van der Waals surface area contributed by atoms with Crippen molar-refractivity contribution in [3.05, 3.63) is 106 Å². The number of methoxy groups -OCH3 is 1. The van der Waals surface area contributed by atoms with Gasteiger partial charge in [0.2, 0.25) is 5.82 Å². The molecule has 0 amide bonds. The first kappa shape index (κ1) is 28.7. The Bertz CT molecular complexity index is 1810. The fraction of sp³-hybridized carbons (Fsp3) is 0.200. The third-order valence-corrected chi connectivity index (χ3v) is 6.60. The van der Waals surface area contributed by atoms with E-state index in [0.29, 0.717) is 29.0 Å². The first-order valence-electron chi connectivity index (χ1n) is 12.7. The molecule has 0 spiro atoms. The van der Waals surface area contributed by atoms with E-state index in [4.69, 9.17) is 9.47 Å². The van der Waals surface area contributed by atoms with Crippen molar-refractivity contribution in [2.45, 2.75) is 26.5 Å². The average Bonchev–Trinajstić information content (AvgIpc) is 3.30. The summed E-state index contributed by atoms with van der Waals surface area (Å²) in [5.74, 6) is -4.77. The van der Waals surface area contributed by atoms with Crippen LogP contribution in [0.1, 0.15) is 32.9 Å². The molecule has 0 radical (unpaired) electrons. The van der Waals surface area contributed by atoms with E-state index < -0.39 is 35.1 Å². The SMILES string of the molecule is COCCn1c(Cc2cc(F)c(-c3ncc(F)c(OCc4ccc(C)cc4F)n3)cc2F)nc2ccc(C(=O)O)cc21. The summed E-state index contributed by atoms with van der Waals surface area (Å²) in [5.41, 5.74) is 1.56. The Morgan fingerprint density at radius 3 is 2.45 bits per heavy atom. The molecule has 0 aliphatic carbocycles. The highest BCUT2D eigenvalue weighted by Crippen LogP contribution is 2.28. The van der Waals surface area contributed by atoms with Gasteiger partial charge in [-0.05, 0) is 54.4 Å². The van der Waals surface area contributed by atoms with Gasteiger partial charge in [0.15, 0.2) is 5.82 Å². The van der Waals surface area contributed by atoms with Crippen LogP contribution in [-0.2, 0) is 24.3 Å². The van der Waals surface area contributed by atoms with Crippen molar-refractivity contribution < 1.29 is 36.9 Å². The fourth-order valence-corrected chi connectivity index (χ4v) is 4.44. The van der Waals surface area contributed by atoms with Crippen LogP contribution in [0.2, 0.25) is 0 Å². The highest BCUT2D eigenvalue weighted by molar-refractivity contribution is 5.92. The van der Waals surface area contributed by atoms with E-state index in [-0.39, 0.29) is 47.7 Å². The second-order valence-electron chi connectivity index (χ2n) is 9.51. The van der Waals surface area contributed by atoms with E-state index >= 15 is 8.78 Å². The highest BCUT2D eigenvalue weighted by Gasteiger charge is 2.20. The van der Waals surface area contributed by atoms with Gasteiger partial charge in [-0.25, -0.2) is 27.9 Å². The molecule has 1 N–H and O–H groups in total. The van der Waals surface area contributed by atoms with Crippen LogP contribution < -0.4 is 4.74 Å². The summed E-state index contributed by atoms with van der Waals surface area (Å²) >= 11 is 0. The smallest absolute Gasteiger partial charge is 0.335 e. The second-order valence-corrected chi connectivity index (χ2v) is 9.51. The van der Waals surface area contributed by atoms with Crippen molar-refractivity contribution in [2.24, 2.45) is 0 Å². The minimum Gasteiger partial charge on any atom is -0.478 e. The van der Waals surface area contributed by atoms with Crippen LogP contribution in [0.3, 0.4) is 0 Å². The maximum Gasteiger partial charge on any atom is 0.335 e. The van der Waals surface area contributed by atoms with Gasteiger partial charge in [-0.1, -0.05) is 12.1 Å². The predicted molar refractivity (Wildman–Crippen MR) is 144 cm³/mol. The number of aromatic carboxylic acids is 1. The molecule has 0 saturated carbocycles. The average molecular weight is 581 g/mol. The molecule has 0 aliphatic rings.